The van der Waals surface area contributed by atoms with Crippen LogP contribution in [-0.2, 0) is 10.3 Å². The lowest BCUT2D eigenvalue weighted by Crippen LogP contribution is -2.47. The van der Waals surface area contributed by atoms with Gasteiger partial charge in [0.05, 0.1) is 12.0 Å². The first-order valence-electron chi connectivity index (χ1n) is 8.27. The van der Waals surface area contributed by atoms with E-state index in [9.17, 15) is 28.6 Å². The largest absolute Gasteiger partial charge is 0.369 e. The van der Waals surface area contributed by atoms with Crippen LogP contribution in [0.25, 0.3) is 11.1 Å². The van der Waals surface area contributed by atoms with Crippen LogP contribution in [0.1, 0.15) is 18.9 Å². The molecule has 158 valence electrons. The maximum Gasteiger partial charge on any atom is 0.310 e. The molecule has 0 aromatic heterocycles. The minimum absolute atomic E-state index is 0.0104. The van der Waals surface area contributed by atoms with E-state index in [2.05, 4.69) is 4.99 Å². The third kappa shape index (κ3) is 4.04. The lowest BCUT2D eigenvalue weighted by atomic mass is 9.85. The Kier molecular flexibility index (Phi) is 4.12. The van der Waals surface area contributed by atoms with Crippen molar-refractivity contribution < 1.29 is 28.6 Å². The maximum absolute atomic E-state index is 14.5. The van der Waals surface area contributed by atoms with E-state index in [0.29, 0.717) is 0 Å². The summed E-state index contributed by atoms with van der Waals surface area (Å²) in [5, 5.41) is 0. The average molecular weight is 437 g/mol. The van der Waals surface area contributed by atoms with E-state index in [-0.39, 0.29) is 47.1 Å². The number of benzene rings is 2. The van der Waals surface area contributed by atoms with Gasteiger partial charge in [-0.05, 0) is 42.3 Å². The Morgan fingerprint density at radius 3 is 2.10 bits per heavy atom. The highest BCUT2D eigenvalue weighted by Crippen LogP contribution is 3.02. The number of nitrogens with two attached hydrogens (primary N) is 1. The van der Waals surface area contributed by atoms with Crippen molar-refractivity contribution in [3.05, 3.63) is 53.8 Å². The first-order valence-corrected chi connectivity index (χ1v) is 10.2. The van der Waals surface area contributed by atoms with Crippen LogP contribution in [0, 0.1) is 5.82 Å². The number of amides is 1. The summed E-state index contributed by atoms with van der Waals surface area (Å²) in [5.41, 5.74) is 4.85. The molecular weight excluding hydrogens is 420 g/mol. The van der Waals surface area contributed by atoms with Gasteiger partial charge in [-0.3, -0.25) is 9.69 Å². The molecule has 0 aliphatic carbocycles. The van der Waals surface area contributed by atoms with Crippen LogP contribution in [-0.4, -0.2) is 23.8 Å². The van der Waals surface area contributed by atoms with Gasteiger partial charge in [0.2, 0.25) is 5.91 Å². The van der Waals surface area contributed by atoms with E-state index in [1.54, 1.807) is 0 Å². The minimum Gasteiger partial charge on any atom is -0.369 e. The highest BCUT2D eigenvalue weighted by atomic mass is 32.5. The zero-order valence-corrected chi connectivity index (χ0v) is 16.1. The number of guanidine groups is 1. The quantitative estimate of drug-likeness (QED) is 0.641. The van der Waals surface area contributed by atoms with Crippen molar-refractivity contribution in [3.8, 4) is 11.1 Å². The number of carbonyl (C=O) groups excluding carboxylic acids is 1. The van der Waals surface area contributed by atoms with Crippen molar-refractivity contribution in [2.24, 2.45) is 10.7 Å². The van der Waals surface area contributed by atoms with E-state index in [0.717, 1.165) is 23.1 Å². The summed E-state index contributed by atoms with van der Waals surface area (Å²) in [7, 11) is -8.36. The molecule has 1 aliphatic rings. The van der Waals surface area contributed by atoms with Gasteiger partial charge in [0.15, 0.2) is 5.96 Å². The van der Waals surface area contributed by atoms with E-state index < -0.39 is 26.5 Å². The fourth-order valence-corrected chi connectivity index (χ4v) is 3.74. The van der Waals surface area contributed by atoms with Crippen LogP contribution in [0.2, 0.25) is 0 Å². The molecule has 29 heavy (non-hydrogen) atoms. The number of nitrogens with zero attached hydrogens (tertiary/aromatic N) is 2. The minimum atomic E-state index is -9.78. The molecule has 3 rings (SSSR count). The highest BCUT2D eigenvalue weighted by molar-refractivity contribution is 8.45. The van der Waals surface area contributed by atoms with Crippen LogP contribution < -0.4 is 5.73 Å². The summed E-state index contributed by atoms with van der Waals surface area (Å²) in [6.07, 6.45) is -0.173. The van der Waals surface area contributed by atoms with Crippen molar-refractivity contribution in [2.45, 2.75) is 23.8 Å². The standard InChI is InChI=1S/C18H17F6N3OS/c1-18(10-16(28)27(2)17(25)26-18)14-9-12(5-8-15(14)19)11-3-6-13(7-4-11)29(20,21,22,23)24/h3-9H,10H2,1-2H3,(H2,25,26)/t18-/m0/s1. The molecule has 0 unspecified atom stereocenters. The first kappa shape index (κ1) is 21.0. The molecule has 2 aromatic carbocycles. The second-order valence-corrected chi connectivity index (χ2v) is 9.47. The Balaban J connectivity index is 2.06. The van der Waals surface area contributed by atoms with Crippen LogP contribution in [0.3, 0.4) is 0 Å². The van der Waals surface area contributed by atoms with Gasteiger partial charge >= 0.3 is 10.2 Å². The van der Waals surface area contributed by atoms with Gasteiger partial charge < -0.3 is 5.73 Å². The average Bonchev–Trinajstić information content (AvgIpc) is 2.58. The van der Waals surface area contributed by atoms with Crippen LogP contribution in [0.4, 0.5) is 23.8 Å². The number of carbonyl (C=O) groups is 1. The number of hydrogen-bond acceptors (Lipinski definition) is 3. The van der Waals surface area contributed by atoms with Gasteiger partial charge in [-0.2, -0.15) is 0 Å². The molecule has 1 heterocycles. The van der Waals surface area contributed by atoms with Gasteiger partial charge in [-0.1, -0.05) is 37.6 Å². The fraction of sp³-hybridized carbons (Fsp3) is 0.222. The third-order valence-corrected chi connectivity index (χ3v) is 5.92. The Hall–Kier alpha value is -2.69. The van der Waals surface area contributed by atoms with Crippen molar-refractivity contribution in [3.63, 3.8) is 0 Å². The SMILES string of the molecule is CN1C(=O)C[C@@](C)(c2cc(-c3ccc(S(F)(F)(F)(F)F)cc3)ccc2F)N=C1N. The first-order chi connectivity index (χ1) is 13.0. The molecule has 0 spiro atoms. The maximum atomic E-state index is 14.5. The Labute approximate surface area is 162 Å². The molecule has 2 aromatic rings. The lowest BCUT2D eigenvalue weighted by molar-refractivity contribution is -0.128. The monoisotopic (exact) mass is 437 g/mol. The Morgan fingerprint density at radius 1 is 1.03 bits per heavy atom. The van der Waals surface area contributed by atoms with E-state index in [4.69, 9.17) is 5.73 Å². The second-order valence-electron chi connectivity index (χ2n) is 7.06. The summed E-state index contributed by atoms with van der Waals surface area (Å²) in [5.74, 6) is -1.17. The number of hydrogen-bond donors (Lipinski definition) is 1. The highest BCUT2D eigenvalue weighted by Gasteiger charge is 2.65. The number of aliphatic imine (C=N–C) groups is 1. The summed E-state index contributed by atoms with van der Waals surface area (Å²) in [6.45, 7) is 1.50. The molecule has 0 bridgehead atoms. The topological polar surface area (TPSA) is 58.7 Å². The van der Waals surface area contributed by atoms with Crippen molar-refractivity contribution in [1.82, 2.24) is 4.90 Å². The summed E-state index contributed by atoms with van der Waals surface area (Å²) in [4.78, 5) is 15.4. The van der Waals surface area contributed by atoms with Crippen LogP contribution >= 0.6 is 10.2 Å². The normalized spacial score (nSPS) is 22.7. The molecule has 2 N–H and O–H groups in total. The predicted octanol–water partition coefficient (Wildman–Crippen LogP) is 5.54. The summed E-state index contributed by atoms with van der Waals surface area (Å²) >= 11 is 0. The van der Waals surface area contributed by atoms with E-state index >= 15 is 0 Å². The Morgan fingerprint density at radius 2 is 1.59 bits per heavy atom. The van der Waals surface area contributed by atoms with Gasteiger partial charge in [-0.15, -0.1) is 0 Å². The molecule has 0 radical (unpaired) electrons. The smallest absolute Gasteiger partial charge is 0.310 e. The fourth-order valence-electron chi connectivity index (χ4n) is 3.09. The molecule has 11 heteroatoms. The summed E-state index contributed by atoms with van der Waals surface area (Å²) < 4.78 is 78.9. The molecule has 0 saturated heterocycles. The van der Waals surface area contributed by atoms with Crippen LogP contribution in [0.15, 0.2) is 52.4 Å². The zero-order valence-electron chi connectivity index (χ0n) is 15.3. The molecule has 4 nitrogen and oxygen atoms in total. The Bertz CT molecular complexity index is 1040. The van der Waals surface area contributed by atoms with Gasteiger partial charge in [0.25, 0.3) is 0 Å². The number of halogens is 6. The molecule has 0 fully saturated rings. The van der Waals surface area contributed by atoms with Crippen LogP contribution in [0.5, 0.6) is 0 Å². The number of rotatable bonds is 3. The van der Waals surface area contributed by atoms with Gasteiger partial charge in [0, 0.05) is 12.6 Å². The second kappa shape index (κ2) is 5.68. The molecular formula is C18H17F6N3OS. The van der Waals surface area contributed by atoms with E-state index in [1.165, 1.54) is 26.1 Å². The molecule has 1 atom stereocenters. The van der Waals surface area contributed by atoms with Gasteiger partial charge in [-0.25, -0.2) is 9.38 Å². The molecule has 1 amide bonds. The molecule has 1 aliphatic heterocycles. The zero-order chi connectivity index (χ0) is 21.9. The third-order valence-electron chi connectivity index (χ3n) is 4.75. The summed E-state index contributed by atoms with van der Waals surface area (Å²) in [6, 6.07) is 6.02. The predicted molar refractivity (Wildman–Crippen MR) is 99.6 cm³/mol. The van der Waals surface area contributed by atoms with Crippen molar-refractivity contribution in [2.75, 3.05) is 7.05 Å². The van der Waals surface area contributed by atoms with Crippen molar-refractivity contribution >= 4 is 22.1 Å². The lowest BCUT2D eigenvalue weighted by Gasteiger charge is -2.40. The van der Waals surface area contributed by atoms with Crippen molar-refractivity contribution in [1.29, 1.82) is 0 Å². The van der Waals surface area contributed by atoms with Gasteiger partial charge in [0.1, 0.15) is 10.7 Å². The van der Waals surface area contributed by atoms with E-state index in [1.807, 2.05) is 0 Å². The molecule has 0 saturated carbocycles.